The average molecular weight is 234 g/mol. The Bertz CT molecular complexity index is 420. The number of nitrogens with zero attached hydrogens (tertiary/aromatic N) is 1. The summed E-state index contributed by atoms with van der Waals surface area (Å²) in [5, 5.41) is 9.32. The highest BCUT2D eigenvalue weighted by Gasteiger charge is 2.41. The molecule has 1 fully saturated rings. The molecule has 1 saturated carbocycles. The molecule has 1 aromatic carbocycles. The Morgan fingerprint density at radius 3 is 2.29 bits per heavy atom. The molecule has 0 spiro atoms. The normalized spacial score (nSPS) is 27.4. The average Bonchev–Trinajstić information content (AvgIpc) is 2.26. The van der Waals surface area contributed by atoms with Gasteiger partial charge in [0.25, 0.3) is 5.91 Å². The fraction of sp³-hybridized carbons (Fsp3) is 0.462. The fourth-order valence-corrected chi connectivity index (χ4v) is 2.22. The van der Waals surface area contributed by atoms with Gasteiger partial charge in [0.05, 0.1) is 6.10 Å². The highest BCUT2D eigenvalue weighted by Crippen LogP contribution is 2.38. The largest absolute Gasteiger partial charge is 0.393 e. The molecule has 0 aromatic heterocycles. The minimum absolute atomic E-state index is 0.0173. The van der Waals surface area contributed by atoms with E-state index < -0.39 is 5.54 Å². The highest BCUT2D eigenvalue weighted by molar-refractivity contribution is 5.93. The van der Waals surface area contributed by atoms with Crippen LogP contribution in [0.2, 0.25) is 0 Å². The molecule has 0 heterocycles. The van der Waals surface area contributed by atoms with Crippen LogP contribution in [0.1, 0.15) is 28.8 Å². The number of hydrogen-bond acceptors (Lipinski definition) is 3. The lowest BCUT2D eigenvalue weighted by Crippen LogP contribution is -2.51. The Morgan fingerprint density at radius 1 is 1.35 bits per heavy atom. The van der Waals surface area contributed by atoms with Crippen molar-refractivity contribution in [3.63, 3.8) is 0 Å². The molecular formula is C13H18N2O2. The van der Waals surface area contributed by atoms with Crippen LogP contribution in [0.3, 0.4) is 0 Å². The van der Waals surface area contributed by atoms with E-state index in [1.807, 2.05) is 12.1 Å². The van der Waals surface area contributed by atoms with Crippen molar-refractivity contribution in [1.29, 1.82) is 0 Å². The molecule has 1 aliphatic carbocycles. The highest BCUT2D eigenvalue weighted by atomic mass is 16.3. The van der Waals surface area contributed by atoms with Gasteiger partial charge in [0.15, 0.2) is 0 Å². The zero-order valence-corrected chi connectivity index (χ0v) is 10.2. The van der Waals surface area contributed by atoms with Gasteiger partial charge in [-0.2, -0.15) is 0 Å². The maximum Gasteiger partial charge on any atom is 0.253 e. The third kappa shape index (κ3) is 2.18. The summed E-state index contributed by atoms with van der Waals surface area (Å²) < 4.78 is 0. The zero-order valence-electron chi connectivity index (χ0n) is 10.2. The van der Waals surface area contributed by atoms with Gasteiger partial charge < -0.3 is 15.7 Å². The molecule has 2 rings (SSSR count). The van der Waals surface area contributed by atoms with E-state index >= 15 is 0 Å². The predicted octanol–water partition coefficient (Wildman–Crippen LogP) is 0.697. The molecule has 4 heteroatoms. The first-order chi connectivity index (χ1) is 7.92. The van der Waals surface area contributed by atoms with Crippen molar-refractivity contribution >= 4 is 5.91 Å². The van der Waals surface area contributed by atoms with Gasteiger partial charge in [-0.3, -0.25) is 4.79 Å². The van der Waals surface area contributed by atoms with Crippen LogP contribution in [0.25, 0.3) is 0 Å². The summed E-state index contributed by atoms with van der Waals surface area (Å²) in [6, 6.07) is 7.33. The van der Waals surface area contributed by atoms with Gasteiger partial charge in [0.2, 0.25) is 0 Å². The number of nitrogens with two attached hydrogens (primary N) is 1. The van der Waals surface area contributed by atoms with Gasteiger partial charge in [-0.15, -0.1) is 0 Å². The Kier molecular flexibility index (Phi) is 2.93. The summed E-state index contributed by atoms with van der Waals surface area (Å²) in [5.74, 6) is -0.0173. The van der Waals surface area contributed by atoms with Crippen molar-refractivity contribution < 1.29 is 9.90 Å². The second-order valence-electron chi connectivity index (χ2n) is 5.00. The summed E-state index contributed by atoms with van der Waals surface area (Å²) >= 11 is 0. The van der Waals surface area contributed by atoms with Crippen LogP contribution < -0.4 is 5.73 Å². The monoisotopic (exact) mass is 234 g/mol. The maximum atomic E-state index is 11.7. The number of benzene rings is 1. The molecule has 0 atom stereocenters. The van der Waals surface area contributed by atoms with Crippen molar-refractivity contribution in [2.75, 3.05) is 14.1 Å². The van der Waals surface area contributed by atoms with Crippen molar-refractivity contribution in [2.24, 2.45) is 5.73 Å². The van der Waals surface area contributed by atoms with Crippen molar-refractivity contribution in [3.8, 4) is 0 Å². The lowest BCUT2D eigenvalue weighted by Gasteiger charge is -2.42. The Hall–Kier alpha value is -1.39. The third-order valence-electron chi connectivity index (χ3n) is 3.31. The Labute approximate surface area is 101 Å². The first kappa shape index (κ1) is 12.1. The van der Waals surface area contributed by atoms with Crippen LogP contribution in [-0.4, -0.2) is 36.1 Å². The Balaban J connectivity index is 2.16. The molecule has 17 heavy (non-hydrogen) atoms. The maximum absolute atomic E-state index is 11.7. The molecule has 1 amide bonds. The fourth-order valence-electron chi connectivity index (χ4n) is 2.22. The van der Waals surface area contributed by atoms with Crippen LogP contribution in [0.15, 0.2) is 24.3 Å². The van der Waals surface area contributed by atoms with Crippen molar-refractivity contribution in [2.45, 2.75) is 24.5 Å². The van der Waals surface area contributed by atoms with Crippen LogP contribution in [0.4, 0.5) is 0 Å². The summed E-state index contributed by atoms with van der Waals surface area (Å²) in [6.45, 7) is 0. The first-order valence-electron chi connectivity index (χ1n) is 5.71. The summed E-state index contributed by atoms with van der Waals surface area (Å²) in [5.41, 5.74) is 7.37. The van der Waals surface area contributed by atoms with Crippen LogP contribution in [0.5, 0.6) is 0 Å². The van der Waals surface area contributed by atoms with E-state index in [1.54, 1.807) is 31.1 Å². The number of rotatable bonds is 2. The van der Waals surface area contributed by atoms with E-state index in [-0.39, 0.29) is 12.0 Å². The van der Waals surface area contributed by atoms with Crippen LogP contribution in [0, 0.1) is 0 Å². The summed E-state index contributed by atoms with van der Waals surface area (Å²) in [7, 11) is 3.45. The molecular weight excluding hydrogens is 216 g/mol. The second kappa shape index (κ2) is 4.13. The molecule has 1 aliphatic rings. The van der Waals surface area contributed by atoms with Gasteiger partial charge in [-0.1, -0.05) is 12.1 Å². The van der Waals surface area contributed by atoms with Crippen LogP contribution >= 0.6 is 0 Å². The molecule has 0 radical (unpaired) electrons. The Morgan fingerprint density at radius 2 is 1.88 bits per heavy atom. The number of carbonyl (C=O) groups is 1. The minimum atomic E-state index is -0.418. The molecule has 92 valence electrons. The second-order valence-corrected chi connectivity index (χ2v) is 5.00. The van der Waals surface area contributed by atoms with E-state index in [1.165, 1.54) is 0 Å². The smallest absolute Gasteiger partial charge is 0.253 e. The minimum Gasteiger partial charge on any atom is -0.393 e. The first-order valence-corrected chi connectivity index (χ1v) is 5.71. The van der Waals surface area contributed by atoms with E-state index in [4.69, 9.17) is 5.73 Å². The van der Waals surface area contributed by atoms with E-state index in [2.05, 4.69) is 0 Å². The summed E-state index contributed by atoms with van der Waals surface area (Å²) in [6.07, 6.45) is 0.894. The molecule has 4 nitrogen and oxygen atoms in total. The molecule has 1 aromatic rings. The SMILES string of the molecule is CN(C)C(=O)c1ccc(C2(N)CC(O)C2)cc1. The third-order valence-corrected chi connectivity index (χ3v) is 3.31. The number of aliphatic hydroxyl groups is 1. The zero-order chi connectivity index (χ0) is 12.6. The molecule has 0 bridgehead atoms. The van der Waals surface area contributed by atoms with Gasteiger partial charge in [-0.05, 0) is 30.5 Å². The van der Waals surface area contributed by atoms with Gasteiger partial charge in [0.1, 0.15) is 0 Å². The number of amides is 1. The van der Waals surface area contributed by atoms with Crippen LogP contribution in [-0.2, 0) is 5.54 Å². The van der Waals surface area contributed by atoms with E-state index in [0.29, 0.717) is 18.4 Å². The van der Waals surface area contributed by atoms with Crippen molar-refractivity contribution in [3.05, 3.63) is 35.4 Å². The molecule has 0 saturated heterocycles. The molecule has 0 aliphatic heterocycles. The lowest BCUT2D eigenvalue weighted by molar-refractivity contribution is 0.0209. The van der Waals surface area contributed by atoms with Gasteiger partial charge in [-0.25, -0.2) is 0 Å². The lowest BCUT2D eigenvalue weighted by atomic mass is 9.70. The van der Waals surface area contributed by atoms with Gasteiger partial charge in [0, 0.05) is 25.2 Å². The predicted molar refractivity (Wildman–Crippen MR) is 65.6 cm³/mol. The molecule has 0 unspecified atom stereocenters. The van der Waals surface area contributed by atoms with Gasteiger partial charge >= 0.3 is 0 Å². The standard InChI is InChI=1S/C13H18N2O2/c1-15(2)12(17)9-3-5-10(6-4-9)13(14)7-11(16)8-13/h3-6,11,16H,7-8,14H2,1-2H3. The summed E-state index contributed by atoms with van der Waals surface area (Å²) in [4.78, 5) is 13.2. The quantitative estimate of drug-likeness (QED) is 0.791. The van der Waals surface area contributed by atoms with Crippen molar-refractivity contribution in [1.82, 2.24) is 4.90 Å². The number of aliphatic hydroxyl groups excluding tert-OH is 1. The molecule has 3 N–H and O–H groups in total. The topological polar surface area (TPSA) is 66.6 Å². The number of carbonyl (C=O) groups excluding carboxylic acids is 1. The van der Waals surface area contributed by atoms with E-state index in [0.717, 1.165) is 5.56 Å². The number of hydrogen-bond donors (Lipinski definition) is 2. The van der Waals surface area contributed by atoms with E-state index in [9.17, 15) is 9.90 Å².